The van der Waals surface area contributed by atoms with Crippen molar-refractivity contribution in [1.29, 1.82) is 0 Å². The summed E-state index contributed by atoms with van der Waals surface area (Å²) in [5, 5.41) is 4.35. The average molecular weight is 430 g/mol. The molecule has 0 aliphatic heterocycles. The van der Waals surface area contributed by atoms with E-state index in [1.54, 1.807) is 25.1 Å². The van der Waals surface area contributed by atoms with Gasteiger partial charge in [-0.3, -0.25) is 4.72 Å². The highest BCUT2D eigenvalue weighted by atomic mass is 35.5. The van der Waals surface area contributed by atoms with Crippen LogP contribution in [0, 0.1) is 11.6 Å². The minimum absolute atomic E-state index is 0.0155. The lowest BCUT2D eigenvalue weighted by atomic mass is 10.1. The first kappa shape index (κ1) is 19.5. The number of rotatable bonds is 6. The minimum atomic E-state index is -4.19. The van der Waals surface area contributed by atoms with Crippen molar-refractivity contribution in [3.05, 3.63) is 69.5 Å². The van der Waals surface area contributed by atoms with Crippen molar-refractivity contribution < 1.29 is 17.2 Å². The molecule has 0 spiro atoms. The topological polar surface area (TPSA) is 71.1 Å². The number of hydrogen-bond donors (Lipinski definition) is 2. The monoisotopic (exact) mass is 429 g/mol. The molecule has 1 heterocycles. The molecule has 1 atom stereocenters. The Bertz CT molecular complexity index is 1060. The van der Waals surface area contributed by atoms with E-state index in [2.05, 4.69) is 15.0 Å². The molecule has 0 unspecified atom stereocenters. The molecule has 27 heavy (non-hydrogen) atoms. The van der Waals surface area contributed by atoms with Gasteiger partial charge in [-0.1, -0.05) is 29.8 Å². The number of nitrogens with zero attached hydrogens (tertiary/aromatic N) is 1. The summed E-state index contributed by atoms with van der Waals surface area (Å²) in [5.74, 6) is -1.32. The van der Waals surface area contributed by atoms with E-state index in [-0.39, 0.29) is 16.5 Å². The van der Waals surface area contributed by atoms with E-state index in [0.717, 1.165) is 12.1 Å². The molecule has 2 N–H and O–H groups in total. The molecule has 0 radical (unpaired) electrons. The van der Waals surface area contributed by atoms with Crippen molar-refractivity contribution in [2.24, 2.45) is 0 Å². The summed E-state index contributed by atoms with van der Waals surface area (Å²) < 4.78 is 55.3. The van der Waals surface area contributed by atoms with Gasteiger partial charge in [0.15, 0.2) is 5.82 Å². The normalized spacial score (nSPS) is 12.6. The van der Waals surface area contributed by atoms with Crippen LogP contribution in [-0.2, 0) is 10.0 Å². The lowest BCUT2D eigenvalue weighted by Crippen LogP contribution is -2.16. The molecular weight excluding hydrogens is 416 g/mol. The van der Waals surface area contributed by atoms with E-state index >= 15 is 0 Å². The van der Waals surface area contributed by atoms with Gasteiger partial charge >= 0.3 is 0 Å². The number of thiazole rings is 1. The van der Waals surface area contributed by atoms with Crippen LogP contribution >= 0.6 is 22.9 Å². The minimum Gasteiger partial charge on any atom is -0.377 e. The second kappa shape index (κ2) is 7.79. The molecule has 5 nitrogen and oxygen atoms in total. The van der Waals surface area contributed by atoms with Gasteiger partial charge in [0, 0.05) is 10.9 Å². The summed E-state index contributed by atoms with van der Waals surface area (Å²) in [7, 11) is -4.19. The predicted octanol–water partition coefficient (Wildman–Crippen LogP) is 5.05. The molecular formula is C17H14ClF2N3O2S2. The summed E-state index contributed by atoms with van der Waals surface area (Å²) in [6.45, 7) is 1.68. The molecule has 0 saturated carbocycles. The van der Waals surface area contributed by atoms with Gasteiger partial charge in [-0.15, -0.1) is 11.3 Å². The largest absolute Gasteiger partial charge is 0.377 e. The zero-order valence-electron chi connectivity index (χ0n) is 13.9. The first-order valence-corrected chi connectivity index (χ1v) is 10.5. The molecule has 3 aromatic rings. The third kappa shape index (κ3) is 4.37. The molecule has 142 valence electrons. The van der Waals surface area contributed by atoms with E-state index in [1.807, 2.05) is 0 Å². The summed E-state index contributed by atoms with van der Waals surface area (Å²) in [6, 6.07) is 7.60. The Balaban J connectivity index is 1.88. The molecule has 0 bridgehead atoms. The maximum absolute atomic E-state index is 14.5. The molecule has 0 amide bonds. The third-order valence-electron chi connectivity index (χ3n) is 3.73. The maximum atomic E-state index is 14.5. The smallest absolute Gasteiger partial charge is 0.266 e. The van der Waals surface area contributed by atoms with Gasteiger partial charge in [-0.2, -0.15) is 0 Å². The lowest BCUT2D eigenvalue weighted by molar-refractivity contribution is 0.570. The van der Waals surface area contributed by atoms with Gasteiger partial charge < -0.3 is 5.32 Å². The molecule has 0 aliphatic rings. The SMILES string of the molecule is C[C@H](Nc1cc(F)c(S(=O)(=O)Nc2cscn2)cc1Cl)c1ccccc1F. The first-order chi connectivity index (χ1) is 12.8. The molecule has 0 saturated heterocycles. The number of aromatic nitrogens is 1. The quantitative estimate of drug-likeness (QED) is 0.575. The van der Waals surface area contributed by atoms with E-state index < -0.39 is 32.6 Å². The van der Waals surface area contributed by atoms with Crippen LogP contribution in [-0.4, -0.2) is 13.4 Å². The predicted molar refractivity (Wildman–Crippen MR) is 103 cm³/mol. The van der Waals surface area contributed by atoms with Crippen molar-refractivity contribution in [2.75, 3.05) is 10.0 Å². The van der Waals surface area contributed by atoms with Crippen molar-refractivity contribution >= 4 is 44.5 Å². The van der Waals surface area contributed by atoms with Crippen molar-refractivity contribution in [3.63, 3.8) is 0 Å². The first-order valence-electron chi connectivity index (χ1n) is 7.69. The van der Waals surface area contributed by atoms with E-state index in [0.29, 0.717) is 5.56 Å². The maximum Gasteiger partial charge on any atom is 0.266 e. The summed E-state index contributed by atoms with van der Waals surface area (Å²) in [6.07, 6.45) is 0. The standard InChI is InChI=1S/C17H14ClF2N3O2S2/c1-10(11-4-2-3-5-13(11)19)22-15-7-14(20)16(6-12(15)18)27(24,25)23-17-8-26-9-21-17/h2-10,22-23H,1H3/t10-/m0/s1. The van der Waals surface area contributed by atoms with E-state index in [4.69, 9.17) is 11.6 Å². The van der Waals surface area contributed by atoms with Crippen LogP contribution in [0.15, 0.2) is 52.2 Å². The number of sulfonamides is 1. The number of halogens is 3. The van der Waals surface area contributed by atoms with Gasteiger partial charge in [0.1, 0.15) is 16.5 Å². The highest BCUT2D eigenvalue weighted by molar-refractivity contribution is 7.92. The van der Waals surface area contributed by atoms with Gasteiger partial charge in [0.2, 0.25) is 0 Å². The number of anilines is 2. The fraction of sp³-hybridized carbons (Fsp3) is 0.118. The summed E-state index contributed by atoms with van der Waals surface area (Å²) in [4.78, 5) is 3.20. The zero-order chi connectivity index (χ0) is 19.6. The average Bonchev–Trinajstić information content (AvgIpc) is 3.10. The second-order valence-corrected chi connectivity index (χ2v) is 8.41. The van der Waals surface area contributed by atoms with Crippen molar-refractivity contribution in [2.45, 2.75) is 17.9 Å². The number of benzene rings is 2. The Morgan fingerprint density at radius 3 is 2.59 bits per heavy atom. The molecule has 2 aromatic carbocycles. The molecule has 1 aromatic heterocycles. The number of hydrogen-bond acceptors (Lipinski definition) is 5. The lowest BCUT2D eigenvalue weighted by Gasteiger charge is -2.18. The van der Waals surface area contributed by atoms with Crippen LogP contribution in [0.5, 0.6) is 0 Å². The molecule has 0 aliphatic carbocycles. The van der Waals surface area contributed by atoms with Gasteiger partial charge in [-0.05, 0) is 25.1 Å². The Labute approximate surface area is 164 Å². The van der Waals surface area contributed by atoms with E-state index in [9.17, 15) is 17.2 Å². The highest BCUT2D eigenvalue weighted by Gasteiger charge is 2.23. The van der Waals surface area contributed by atoms with Crippen LogP contribution in [0.4, 0.5) is 20.3 Å². The third-order valence-corrected chi connectivity index (χ3v) is 6.00. The van der Waals surface area contributed by atoms with Crippen LogP contribution in [0.1, 0.15) is 18.5 Å². The number of nitrogens with one attached hydrogen (secondary N) is 2. The van der Waals surface area contributed by atoms with E-state index in [1.165, 1.54) is 28.3 Å². The fourth-order valence-electron chi connectivity index (χ4n) is 2.44. The second-order valence-electron chi connectivity index (χ2n) is 5.63. The molecule has 10 heteroatoms. The van der Waals surface area contributed by atoms with Gasteiger partial charge in [-0.25, -0.2) is 22.2 Å². The fourth-order valence-corrected chi connectivity index (χ4v) is 4.37. The van der Waals surface area contributed by atoms with Gasteiger partial charge in [0.05, 0.1) is 22.3 Å². The summed E-state index contributed by atoms with van der Waals surface area (Å²) in [5.41, 5.74) is 1.96. The Morgan fingerprint density at radius 2 is 1.93 bits per heavy atom. The van der Waals surface area contributed by atoms with Gasteiger partial charge in [0.25, 0.3) is 10.0 Å². The Morgan fingerprint density at radius 1 is 1.19 bits per heavy atom. The van der Waals surface area contributed by atoms with Crippen LogP contribution in [0.25, 0.3) is 0 Å². The Kier molecular flexibility index (Phi) is 5.64. The molecule has 0 fully saturated rings. The summed E-state index contributed by atoms with van der Waals surface area (Å²) >= 11 is 7.32. The Hall–Kier alpha value is -2.23. The zero-order valence-corrected chi connectivity index (χ0v) is 16.3. The molecule has 3 rings (SSSR count). The van der Waals surface area contributed by atoms with Crippen LogP contribution in [0.2, 0.25) is 5.02 Å². The van der Waals surface area contributed by atoms with Crippen molar-refractivity contribution in [1.82, 2.24) is 4.98 Å². The highest BCUT2D eigenvalue weighted by Crippen LogP contribution is 2.32. The van der Waals surface area contributed by atoms with Crippen LogP contribution < -0.4 is 10.0 Å². The van der Waals surface area contributed by atoms with Crippen molar-refractivity contribution in [3.8, 4) is 0 Å². The van der Waals surface area contributed by atoms with Crippen LogP contribution in [0.3, 0.4) is 0 Å².